The van der Waals surface area contributed by atoms with Gasteiger partial charge in [-0.05, 0) is 6.42 Å². The lowest BCUT2D eigenvalue weighted by Crippen LogP contribution is -2.16. The lowest BCUT2D eigenvalue weighted by Gasteiger charge is -2.19. The molecule has 0 bridgehead atoms. The molecule has 0 aromatic carbocycles. The van der Waals surface area contributed by atoms with Crippen LogP contribution in [-0.4, -0.2) is 26.5 Å². The monoisotopic (exact) mass is 271 g/mol. The summed E-state index contributed by atoms with van der Waals surface area (Å²) in [5, 5.41) is 3.32. The summed E-state index contributed by atoms with van der Waals surface area (Å²) in [4.78, 5) is 17.5. The Morgan fingerprint density at radius 2 is 1.95 bits per heavy atom. The molecule has 2 heterocycles. The quantitative estimate of drug-likeness (QED) is 0.926. The molecule has 0 saturated carbocycles. The van der Waals surface area contributed by atoms with Crippen LogP contribution in [0.4, 0.5) is 5.82 Å². The van der Waals surface area contributed by atoms with Gasteiger partial charge >= 0.3 is 0 Å². The first kappa shape index (κ1) is 14.4. The van der Waals surface area contributed by atoms with Crippen LogP contribution < -0.4 is 5.32 Å². The molecule has 0 radical (unpaired) electrons. The van der Waals surface area contributed by atoms with E-state index in [1.165, 1.54) is 0 Å². The van der Waals surface area contributed by atoms with Crippen molar-refractivity contribution >= 4 is 5.82 Å². The van der Waals surface area contributed by atoms with Gasteiger partial charge in [0.15, 0.2) is 5.82 Å². The first-order chi connectivity index (χ1) is 9.50. The molecule has 1 N–H and O–H groups in total. The van der Waals surface area contributed by atoms with Crippen LogP contribution in [0.25, 0.3) is 11.5 Å². The van der Waals surface area contributed by atoms with Gasteiger partial charge in [-0.15, -0.1) is 0 Å². The van der Waals surface area contributed by atoms with Crippen molar-refractivity contribution < 1.29 is 0 Å². The summed E-state index contributed by atoms with van der Waals surface area (Å²) in [6.07, 6.45) is 6.04. The van der Waals surface area contributed by atoms with Crippen molar-refractivity contribution in [1.82, 2.24) is 19.9 Å². The van der Waals surface area contributed by atoms with Gasteiger partial charge in [0.25, 0.3) is 0 Å². The average molecular weight is 271 g/mol. The number of aromatic nitrogens is 4. The van der Waals surface area contributed by atoms with Crippen molar-refractivity contribution in [2.24, 2.45) is 0 Å². The number of anilines is 1. The highest BCUT2D eigenvalue weighted by Crippen LogP contribution is 2.24. The highest BCUT2D eigenvalue weighted by molar-refractivity contribution is 5.52. The largest absolute Gasteiger partial charge is 0.370 e. The lowest BCUT2D eigenvalue weighted by atomic mass is 9.92. The predicted octanol–water partition coefficient (Wildman–Crippen LogP) is 3.05. The third-order valence-corrected chi connectivity index (χ3v) is 2.84. The van der Waals surface area contributed by atoms with Gasteiger partial charge in [-0.25, -0.2) is 15.0 Å². The van der Waals surface area contributed by atoms with E-state index < -0.39 is 0 Å². The molecule has 0 aliphatic heterocycles. The molecule has 0 spiro atoms. The van der Waals surface area contributed by atoms with E-state index in [0.717, 1.165) is 24.5 Å². The molecule has 2 aromatic heterocycles. The van der Waals surface area contributed by atoms with E-state index in [1.54, 1.807) is 18.6 Å². The van der Waals surface area contributed by atoms with Crippen LogP contribution in [0.15, 0.2) is 24.7 Å². The van der Waals surface area contributed by atoms with E-state index in [1.807, 2.05) is 6.07 Å². The van der Waals surface area contributed by atoms with Crippen molar-refractivity contribution in [3.8, 4) is 11.5 Å². The van der Waals surface area contributed by atoms with Crippen LogP contribution in [0.1, 0.15) is 39.8 Å². The number of rotatable bonds is 4. The Kier molecular flexibility index (Phi) is 4.27. The summed E-state index contributed by atoms with van der Waals surface area (Å²) in [5.74, 6) is 1.46. The van der Waals surface area contributed by atoms with E-state index in [4.69, 9.17) is 0 Å². The average Bonchev–Trinajstić information content (AvgIpc) is 2.45. The Balaban J connectivity index is 2.46. The van der Waals surface area contributed by atoms with E-state index in [9.17, 15) is 0 Å². The number of hydrogen-bond donors (Lipinski definition) is 1. The maximum atomic E-state index is 4.63. The molecule has 0 fully saturated rings. The molecule has 0 aliphatic rings. The summed E-state index contributed by atoms with van der Waals surface area (Å²) < 4.78 is 0. The molecule has 0 unspecified atom stereocenters. The first-order valence-electron chi connectivity index (χ1n) is 6.90. The number of nitrogens with zero attached hydrogens (tertiary/aromatic N) is 4. The van der Waals surface area contributed by atoms with Gasteiger partial charge in [0.1, 0.15) is 11.5 Å². The smallest absolute Gasteiger partial charge is 0.182 e. The second-order valence-electron chi connectivity index (χ2n) is 5.73. The molecule has 0 atom stereocenters. The Bertz CT molecular complexity index is 560. The van der Waals surface area contributed by atoms with E-state index in [0.29, 0.717) is 11.5 Å². The first-order valence-corrected chi connectivity index (χ1v) is 6.90. The predicted molar refractivity (Wildman–Crippen MR) is 80.5 cm³/mol. The van der Waals surface area contributed by atoms with Gasteiger partial charge in [0.05, 0.1) is 11.9 Å². The van der Waals surface area contributed by atoms with Crippen LogP contribution in [0.2, 0.25) is 0 Å². The topological polar surface area (TPSA) is 63.6 Å². The molecule has 5 heteroatoms. The van der Waals surface area contributed by atoms with E-state index >= 15 is 0 Å². The summed E-state index contributed by atoms with van der Waals surface area (Å²) in [6, 6.07) is 2.01. The van der Waals surface area contributed by atoms with Crippen molar-refractivity contribution in [2.75, 3.05) is 11.9 Å². The molecule has 20 heavy (non-hydrogen) atoms. The van der Waals surface area contributed by atoms with Gasteiger partial charge in [0, 0.05) is 30.4 Å². The van der Waals surface area contributed by atoms with Gasteiger partial charge in [0.2, 0.25) is 0 Å². The molecule has 2 rings (SSSR count). The molecule has 0 amide bonds. The zero-order chi connectivity index (χ0) is 14.6. The van der Waals surface area contributed by atoms with Crippen molar-refractivity contribution in [2.45, 2.75) is 39.5 Å². The SMILES string of the molecule is CCCNc1cc(C(C)(C)C)nc(-c2cnccn2)n1. The van der Waals surface area contributed by atoms with Gasteiger partial charge in [-0.2, -0.15) is 0 Å². The van der Waals surface area contributed by atoms with Crippen LogP contribution in [0.3, 0.4) is 0 Å². The Labute approximate surface area is 119 Å². The summed E-state index contributed by atoms with van der Waals surface area (Å²) in [7, 11) is 0. The minimum absolute atomic E-state index is 0.0391. The maximum Gasteiger partial charge on any atom is 0.182 e. The molecule has 5 nitrogen and oxygen atoms in total. The van der Waals surface area contributed by atoms with Gasteiger partial charge < -0.3 is 5.32 Å². The fourth-order valence-corrected chi connectivity index (χ4v) is 1.70. The van der Waals surface area contributed by atoms with Crippen molar-refractivity contribution in [3.63, 3.8) is 0 Å². The van der Waals surface area contributed by atoms with Gasteiger partial charge in [-0.1, -0.05) is 27.7 Å². The normalized spacial score (nSPS) is 11.4. The van der Waals surface area contributed by atoms with Crippen molar-refractivity contribution in [3.05, 3.63) is 30.4 Å². The zero-order valence-corrected chi connectivity index (χ0v) is 12.5. The molecule has 2 aromatic rings. The third-order valence-electron chi connectivity index (χ3n) is 2.84. The Morgan fingerprint density at radius 1 is 1.15 bits per heavy atom. The second-order valence-corrected chi connectivity index (χ2v) is 5.73. The van der Waals surface area contributed by atoms with Crippen molar-refractivity contribution in [1.29, 1.82) is 0 Å². The fourth-order valence-electron chi connectivity index (χ4n) is 1.70. The molecule has 0 aliphatic carbocycles. The van der Waals surface area contributed by atoms with Crippen LogP contribution in [0, 0.1) is 0 Å². The minimum atomic E-state index is -0.0391. The van der Waals surface area contributed by atoms with E-state index in [2.05, 4.69) is 52.9 Å². The Hall–Kier alpha value is -2.04. The second kappa shape index (κ2) is 5.94. The third kappa shape index (κ3) is 3.50. The maximum absolute atomic E-state index is 4.63. The molecular formula is C15H21N5. The fraction of sp³-hybridized carbons (Fsp3) is 0.467. The highest BCUT2D eigenvalue weighted by Gasteiger charge is 2.18. The lowest BCUT2D eigenvalue weighted by molar-refractivity contribution is 0.568. The van der Waals surface area contributed by atoms with Crippen LogP contribution >= 0.6 is 0 Å². The summed E-state index contributed by atoms with van der Waals surface area (Å²) in [6.45, 7) is 9.43. The van der Waals surface area contributed by atoms with Crippen LogP contribution in [-0.2, 0) is 5.41 Å². The van der Waals surface area contributed by atoms with Gasteiger partial charge in [-0.3, -0.25) is 4.98 Å². The van der Waals surface area contributed by atoms with E-state index in [-0.39, 0.29) is 5.41 Å². The highest BCUT2D eigenvalue weighted by atomic mass is 15.0. The zero-order valence-electron chi connectivity index (χ0n) is 12.5. The number of hydrogen-bond acceptors (Lipinski definition) is 5. The molecule has 0 saturated heterocycles. The minimum Gasteiger partial charge on any atom is -0.370 e. The number of nitrogens with one attached hydrogen (secondary N) is 1. The summed E-state index contributed by atoms with van der Waals surface area (Å²) in [5.41, 5.74) is 1.65. The van der Waals surface area contributed by atoms with Crippen LogP contribution in [0.5, 0.6) is 0 Å². The Morgan fingerprint density at radius 3 is 2.55 bits per heavy atom. The summed E-state index contributed by atoms with van der Waals surface area (Å²) >= 11 is 0. The standard InChI is InChI=1S/C15H21N5/c1-5-6-18-13-9-12(15(2,3)4)19-14(20-13)11-10-16-7-8-17-11/h7-10H,5-6H2,1-4H3,(H,18,19,20). The molecular weight excluding hydrogens is 250 g/mol. The molecule has 106 valence electrons.